The summed E-state index contributed by atoms with van der Waals surface area (Å²) in [6, 6.07) is 3.92. The van der Waals surface area contributed by atoms with Crippen molar-refractivity contribution in [1.82, 2.24) is 25.1 Å². The number of ether oxygens (including phenoxy) is 1. The lowest BCUT2D eigenvalue weighted by atomic mass is 10.1. The molecule has 25 heavy (non-hydrogen) atoms. The smallest absolute Gasteiger partial charge is 0.228 e. The number of aromatic nitrogens is 4. The molecule has 0 saturated carbocycles. The molecule has 4 heterocycles. The number of fused-ring (bicyclic) bond motifs is 1. The molecule has 1 aliphatic rings. The molecule has 0 aromatic carbocycles. The summed E-state index contributed by atoms with van der Waals surface area (Å²) in [6.45, 7) is 4.43. The molecule has 1 fully saturated rings. The lowest BCUT2D eigenvalue weighted by molar-refractivity contribution is -0.134. The van der Waals surface area contributed by atoms with Crippen molar-refractivity contribution in [2.24, 2.45) is 0 Å². The van der Waals surface area contributed by atoms with E-state index in [1.807, 2.05) is 24.0 Å². The van der Waals surface area contributed by atoms with Crippen LogP contribution in [0.2, 0.25) is 0 Å². The van der Waals surface area contributed by atoms with Crippen molar-refractivity contribution in [3.05, 3.63) is 35.2 Å². The molecule has 3 aromatic heterocycles. The van der Waals surface area contributed by atoms with Crippen LogP contribution >= 0.6 is 11.3 Å². The Balaban J connectivity index is 1.59. The van der Waals surface area contributed by atoms with E-state index in [-0.39, 0.29) is 5.91 Å². The van der Waals surface area contributed by atoms with Crippen molar-refractivity contribution in [3.8, 4) is 10.7 Å². The first kappa shape index (κ1) is 16.0. The van der Waals surface area contributed by atoms with E-state index in [1.165, 1.54) is 11.3 Å². The van der Waals surface area contributed by atoms with Gasteiger partial charge in [0, 0.05) is 30.9 Å². The van der Waals surface area contributed by atoms with E-state index in [9.17, 15) is 4.79 Å². The third-order valence-electron chi connectivity index (χ3n) is 4.10. The first-order chi connectivity index (χ1) is 12.2. The lowest BCUT2D eigenvalue weighted by Gasteiger charge is -2.26. The Labute approximate surface area is 148 Å². The van der Waals surface area contributed by atoms with Gasteiger partial charge in [0.05, 0.1) is 25.3 Å². The molecule has 0 unspecified atom stereocenters. The van der Waals surface area contributed by atoms with Crippen LogP contribution in [-0.4, -0.2) is 57.3 Å². The highest BCUT2D eigenvalue weighted by Gasteiger charge is 2.17. The molecule has 0 bridgehead atoms. The van der Waals surface area contributed by atoms with Crippen LogP contribution < -0.4 is 0 Å². The van der Waals surface area contributed by atoms with Crippen LogP contribution in [0, 0.1) is 6.92 Å². The van der Waals surface area contributed by atoms with Crippen LogP contribution in [0.5, 0.6) is 0 Å². The molecular weight excluding hydrogens is 338 g/mol. The summed E-state index contributed by atoms with van der Waals surface area (Å²) < 4.78 is 5.29. The molecule has 0 atom stereocenters. The number of aryl methyl sites for hydroxylation is 1. The number of morpholine rings is 1. The predicted molar refractivity (Wildman–Crippen MR) is 94.3 cm³/mol. The van der Waals surface area contributed by atoms with Crippen LogP contribution in [0.15, 0.2) is 24.5 Å². The van der Waals surface area contributed by atoms with Crippen molar-refractivity contribution < 1.29 is 9.53 Å². The molecule has 3 aromatic rings. The molecular formula is C17H17N5O2S. The third kappa shape index (κ3) is 3.49. The number of hydrogen-bond acceptors (Lipinski definition) is 7. The van der Waals surface area contributed by atoms with Gasteiger partial charge in [-0.05, 0) is 24.4 Å². The molecule has 0 aliphatic carbocycles. The van der Waals surface area contributed by atoms with E-state index in [0.29, 0.717) is 32.7 Å². The topological polar surface area (TPSA) is 81.1 Å². The molecule has 0 N–H and O–H groups in total. The Bertz CT molecular complexity index is 920. The van der Waals surface area contributed by atoms with E-state index in [0.717, 1.165) is 32.2 Å². The summed E-state index contributed by atoms with van der Waals surface area (Å²) in [5.74, 6) is 0.0872. The highest BCUT2D eigenvalue weighted by Crippen LogP contribution is 2.24. The maximum Gasteiger partial charge on any atom is 0.228 e. The summed E-state index contributed by atoms with van der Waals surface area (Å²) in [7, 11) is 0. The fourth-order valence-corrected chi connectivity index (χ4v) is 3.44. The Morgan fingerprint density at radius 2 is 1.96 bits per heavy atom. The van der Waals surface area contributed by atoms with E-state index in [1.54, 1.807) is 12.4 Å². The van der Waals surface area contributed by atoms with Gasteiger partial charge in [0.15, 0.2) is 5.01 Å². The van der Waals surface area contributed by atoms with Crippen molar-refractivity contribution >= 4 is 28.0 Å². The fraction of sp³-hybridized carbons (Fsp3) is 0.353. The zero-order valence-corrected chi connectivity index (χ0v) is 14.6. The van der Waals surface area contributed by atoms with Crippen LogP contribution in [0.3, 0.4) is 0 Å². The van der Waals surface area contributed by atoms with Gasteiger partial charge in [-0.15, -0.1) is 10.2 Å². The normalized spacial score (nSPS) is 14.8. The molecule has 1 amide bonds. The number of hydrogen-bond donors (Lipinski definition) is 0. The molecule has 128 valence electrons. The van der Waals surface area contributed by atoms with Crippen molar-refractivity contribution in [2.75, 3.05) is 26.3 Å². The largest absolute Gasteiger partial charge is 0.378 e. The molecule has 0 spiro atoms. The van der Waals surface area contributed by atoms with Gasteiger partial charge < -0.3 is 9.64 Å². The van der Waals surface area contributed by atoms with Gasteiger partial charge in [-0.2, -0.15) is 0 Å². The summed E-state index contributed by atoms with van der Waals surface area (Å²) in [6.07, 6.45) is 3.84. The number of rotatable bonds is 3. The fourth-order valence-electron chi connectivity index (χ4n) is 2.78. The molecule has 1 saturated heterocycles. The van der Waals surface area contributed by atoms with Crippen molar-refractivity contribution in [2.45, 2.75) is 13.3 Å². The molecule has 7 nitrogen and oxygen atoms in total. The summed E-state index contributed by atoms with van der Waals surface area (Å²) in [4.78, 5) is 23.1. The molecule has 4 rings (SSSR count). The van der Waals surface area contributed by atoms with Crippen LogP contribution in [-0.2, 0) is 16.0 Å². The Kier molecular flexibility index (Phi) is 4.37. The van der Waals surface area contributed by atoms with E-state index < -0.39 is 0 Å². The lowest BCUT2D eigenvalue weighted by Crippen LogP contribution is -2.41. The van der Waals surface area contributed by atoms with Crippen LogP contribution in [0.1, 0.15) is 10.7 Å². The second-order valence-corrected chi connectivity index (χ2v) is 7.07. The van der Waals surface area contributed by atoms with Gasteiger partial charge >= 0.3 is 0 Å². The number of carbonyl (C=O) groups excluding carboxylic acids is 1. The predicted octanol–water partition coefficient (Wildman–Crippen LogP) is 1.86. The SMILES string of the molecule is Cc1nnc(-c2cc3cc(CC(=O)N4CCOCC4)ncc3cn2)s1. The average molecular weight is 355 g/mol. The van der Waals surface area contributed by atoms with Gasteiger partial charge in [-0.3, -0.25) is 14.8 Å². The highest BCUT2D eigenvalue weighted by molar-refractivity contribution is 7.14. The standard InChI is InChI=1S/C17H17N5O2S/c1-11-20-21-17(25-11)15-7-12-6-14(18-9-13(12)10-19-15)8-16(23)22-2-4-24-5-3-22/h6-7,9-10H,2-5,8H2,1H3. The molecule has 0 radical (unpaired) electrons. The van der Waals surface area contributed by atoms with Gasteiger partial charge in [0.1, 0.15) is 10.7 Å². The quantitative estimate of drug-likeness (QED) is 0.713. The minimum Gasteiger partial charge on any atom is -0.378 e. The number of pyridine rings is 2. The average Bonchev–Trinajstić information content (AvgIpc) is 3.08. The first-order valence-electron chi connectivity index (χ1n) is 8.10. The Morgan fingerprint density at radius 1 is 1.16 bits per heavy atom. The minimum atomic E-state index is 0.0872. The number of nitrogens with zero attached hydrogens (tertiary/aromatic N) is 5. The minimum absolute atomic E-state index is 0.0872. The Morgan fingerprint density at radius 3 is 2.72 bits per heavy atom. The monoisotopic (exact) mass is 355 g/mol. The van der Waals surface area contributed by atoms with E-state index >= 15 is 0 Å². The maximum atomic E-state index is 12.4. The van der Waals surface area contributed by atoms with E-state index in [2.05, 4.69) is 20.2 Å². The van der Waals surface area contributed by atoms with Gasteiger partial charge in [0.25, 0.3) is 0 Å². The van der Waals surface area contributed by atoms with Crippen LogP contribution in [0.25, 0.3) is 21.5 Å². The third-order valence-corrected chi connectivity index (χ3v) is 4.96. The van der Waals surface area contributed by atoms with Crippen molar-refractivity contribution in [3.63, 3.8) is 0 Å². The highest BCUT2D eigenvalue weighted by atomic mass is 32.1. The number of amides is 1. The van der Waals surface area contributed by atoms with Gasteiger partial charge in [-0.1, -0.05) is 11.3 Å². The summed E-state index contributed by atoms with van der Waals surface area (Å²) >= 11 is 1.51. The summed E-state index contributed by atoms with van der Waals surface area (Å²) in [5, 5.41) is 11.8. The second-order valence-electron chi connectivity index (χ2n) is 5.89. The Hall–Kier alpha value is -2.45. The maximum absolute atomic E-state index is 12.4. The first-order valence-corrected chi connectivity index (χ1v) is 8.91. The molecule has 1 aliphatic heterocycles. The van der Waals surface area contributed by atoms with Crippen molar-refractivity contribution in [1.29, 1.82) is 0 Å². The van der Waals surface area contributed by atoms with Gasteiger partial charge in [0.2, 0.25) is 5.91 Å². The van der Waals surface area contributed by atoms with Crippen LogP contribution in [0.4, 0.5) is 0 Å². The zero-order chi connectivity index (χ0) is 17.2. The van der Waals surface area contributed by atoms with Gasteiger partial charge in [-0.25, -0.2) is 0 Å². The number of carbonyl (C=O) groups is 1. The summed E-state index contributed by atoms with van der Waals surface area (Å²) in [5.41, 5.74) is 1.55. The van der Waals surface area contributed by atoms with E-state index in [4.69, 9.17) is 4.74 Å². The second kappa shape index (κ2) is 6.81. The molecule has 8 heteroatoms. The zero-order valence-electron chi connectivity index (χ0n) is 13.8.